The topological polar surface area (TPSA) is 66.3 Å². The van der Waals surface area contributed by atoms with E-state index in [2.05, 4.69) is 15.9 Å². The summed E-state index contributed by atoms with van der Waals surface area (Å²) in [5.41, 5.74) is 0. The monoisotopic (exact) mass is 318 g/mol. The van der Waals surface area contributed by atoms with Crippen LogP contribution < -0.4 is 10.1 Å². The zero-order chi connectivity index (χ0) is 13.4. The normalized spacial score (nSPS) is 14.2. The van der Waals surface area contributed by atoms with E-state index in [1.807, 2.05) is 36.5 Å². The lowest BCUT2D eigenvalue weighted by atomic mass is 10.2. The molecule has 0 fully saturated rings. The first-order valence-electron chi connectivity index (χ1n) is 6.16. The van der Waals surface area contributed by atoms with Crippen LogP contribution in [0.25, 0.3) is 0 Å². The Bertz CT molecular complexity index is 328. The summed E-state index contributed by atoms with van der Waals surface area (Å²) in [5, 5.41) is 20.7. The van der Waals surface area contributed by atoms with E-state index in [0.29, 0.717) is 6.54 Å². The molecule has 0 spiro atoms. The van der Waals surface area contributed by atoms with Crippen LogP contribution in [0.1, 0.15) is 13.3 Å². The van der Waals surface area contributed by atoms with Crippen LogP contribution in [-0.4, -0.2) is 42.1 Å². The molecule has 1 aromatic carbocycles. The molecule has 0 unspecified atom stereocenters. The van der Waals surface area contributed by atoms with Crippen LogP contribution in [0.3, 0.4) is 0 Å². The number of nitrogens with two attached hydrogens (primary N) is 1. The van der Waals surface area contributed by atoms with Gasteiger partial charge >= 0.3 is 0 Å². The van der Waals surface area contributed by atoms with Gasteiger partial charge in [0.15, 0.2) is 0 Å². The van der Waals surface area contributed by atoms with Gasteiger partial charge in [-0.15, -0.1) is 0 Å². The van der Waals surface area contributed by atoms with Crippen LogP contribution >= 0.6 is 15.9 Å². The van der Waals surface area contributed by atoms with Crippen molar-refractivity contribution in [3.05, 3.63) is 28.7 Å². The largest absolute Gasteiger partial charge is 0.491 e. The SMILES string of the molecule is CC[C@H](CO)[NH2+]C[C@H](O)COc1ccc(Br)cc1. The molecule has 0 aliphatic rings. The summed E-state index contributed by atoms with van der Waals surface area (Å²) in [7, 11) is 0. The lowest BCUT2D eigenvalue weighted by Crippen LogP contribution is -2.92. The lowest BCUT2D eigenvalue weighted by Gasteiger charge is -2.15. The molecule has 4 N–H and O–H groups in total. The Balaban J connectivity index is 2.24. The molecule has 0 aromatic heterocycles. The van der Waals surface area contributed by atoms with Gasteiger partial charge in [0.2, 0.25) is 0 Å². The van der Waals surface area contributed by atoms with Crippen LogP contribution in [0.2, 0.25) is 0 Å². The van der Waals surface area contributed by atoms with E-state index >= 15 is 0 Å². The lowest BCUT2D eigenvalue weighted by molar-refractivity contribution is -0.696. The molecule has 0 bridgehead atoms. The van der Waals surface area contributed by atoms with E-state index in [-0.39, 0.29) is 19.3 Å². The number of benzene rings is 1. The summed E-state index contributed by atoms with van der Waals surface area (Å²) in [6.07, 6.45) is 0.353. The molecule has 0 saturated carbocycles. The molecular formula is C13H21BrNO3+. The molecule has 1 rings (SSSR count). The van der Waals surface area contributed by atoms with Crippen molar-refractivity contribution < 1.29 is 20.3 Å². The second-order valence-corrected chi connectivity index (χ2v) is 5.16. The fourth-order valence-corrected chi connectivity index (χ4v) is 1.78. The Morgan fingerprint density at radius 1 is 1.33 bits per heavy atom. The van der Waals surface area contributed by atoms with Crippen molar-refractivity contribution >= 4 is 15.9 Å². The van der Waals surface area contributed by atoms with Gasteiger partial charge in [-0.3, -0.25) is 0 Å². The van der Waals surface area contributed by atoms with Crippen LogP contribution in [0.5, 0.6) is 5.75 Å². The molecule has 0 heterocycles. The fourth-order valence-electron chi connectivity index (χ4n) is 1.51. The number of hydrogen-bond donors (Lipinski definition) is 3. The summed E-state index contributed by atoms with van der Waals surface area (Å²) in [6.45, 7) is 2.95. The van der Waals surface area contributed by atoms with Gasteiger partial charge in [-0.25, -0.2) is 0 Å². The highest BCUT2D eigenvalue weighted by molar-refractivity contribution is 9.10. The molecule has 1 aromatic rings. The van der Waals surface area contributed by atoms with Gasteiger partial charge in [0.05, 0.1) is 6.61 Å². The van der Waals surface area contributed by atoms with Crippen molar-refractivity contribution in [1.82, 2.24) is 0 Å². The van der Waals surface area contributed by atoms with Crippen molar-refractivity contribution in [3.63, 3.8) is 0 Å². The van der Waals surface area contributed by atoms with Gasteiger partial charge in [-0.2, -0.15) is 0 Å². The van der Waals surface area contributed by atoms with E-state index in [0.717, 1.165) is 16.6 Å². The predicted molar refractivity (Wildman–Crippen MR) is 73.6 cm³/mol. The molecule has 2 atom stereocenters. The van der Waals surface area contributed by atoms with Crippen molar-refractivity contribution in [1.29, 1.82) is 0 Å². The molecule has 0 amide bonds. The van der Waals surface area contributed by atoms with E-state index in [9.17, 15) is 5.11 Å². The maximum Gasteiger partial charge on any atom is 0.137 e. The fraction of sp³-hybridized carbons (Fsp3) is 0.538. The molecule has 0 saturated heterocycles. The minimum absolute atomic E-state index is 0.136. The predicted octanol–water partition coefficient (Wildman–Crippen LogP) is 0.523. The van der Waals surface area contributed by atoms with E-state index < -0.39 is 6.10 Å². The highest BCUT2D eigenvalue weighted by atomic mass is 79.9. The third-order valence-corrected chi connectivity index (χ3v) is 3.29. The standard InChI is InChI=1S/C13H20BrNO3/c1-2-11(8-16)15-7-12(17)9-18-13-5-3-10(14)4-6-13/h3-6,11-12,15-17H,2,7-9H2,1H3/p+1/t11-,12+/m1/s1. The number of ether oxygens (including phenoxy) is 1. The van der Waals surface area contributed by atoms with Crippen molar-refractivity contribution in [2.75, 3.05) is 19.8 Å². The second-order valence-electron chi connectivity index (χ2n) is 4.24. The average Bonchev–Trinajstić information content (AvgIpc) is 2.39. The van der Waals surface area contributed by atoms with Gasteiger partial charge in [-0.1, -0.05) is 22.9 Å². The molecule has 102 valence electrons. The highest BCUT2D eigenvalue weighted by Crippen LogP contribution is 2.15. The second kappa shape index (κ2) is 8.48. The van der Waals surface area contributed by atoms with E-state index in [1.54, 1.807) is 0 Å². The van der Waals surface area contributed by atoms with Crippen LogP contribution in [0.4, 0.5) is 0 Å². The Kier molecular flexibility index (Phi) is 7.27. The van der Waals surface area contributed by atoms with Gasteiger partial charge in [-0.05, 0) is 30.7 Å². The number of hydrogen-bond acceptors (Lipinski definition) is 3. The number of aliphatic hydroxyl groups is 2. The number of rotatable bonds is 8. The summed E-state index contributed by atoms with van der Waals surface area (Å²) >= 11 is 3.35. The Labute approximate surface area is 116 Å². The minimum Gasteiger partial charge on any atom is -0.491 e. The van der Waals surface area contributed by atoms with Gasteiger partial charge < -0.3 is 20.3 Å². The summed E-state index contributed by atoms with van der Waals surface area (Å²) in [6, 6.07) is 7.65. The van der Waals surface area contributed by atoms with Gasteiger partial charge in [0.1, 0.15) is 31.0 Å². The van der Waals surface area contributed by atoms with E-state index in [4.69, 9.17) is 9.84 Å². The molecular weight excluding hydrogens is 298 g/mol. The quantitative estimate of drug-likeness (QED) is 0.655. The maximum absolute atomic E-state index is 9.76. The van der Waals surface area contributed by atoms with Crippen LogP contribution in [0.15, 0.2) is 28.7 Å². The average molecular weight is 319 g/mol. The summed E-state index contributed by atoms with van der Waals surface area (Å²) in [5.74, 6) is 0.742. The Morgan fingerprint density at radius 2 is 2.00 bits per heavy atom. The molecule has 0 aliphatic carbocycles. The zero-order valence-electron chi connectivity index (χ0n) is 10.6. The van der Waals surface area contributed by atoms with Crippen molar-refractivity contribution in [2.24, 2.45) is 0 Å². The van der Waals surface area contributed by atoms with Crippen LogP contribution in [-0.2, 0) is 0 Å². The Hall–Kier alpha value is -0.620. The Morgan fingerprint density at radius 3 is 2.56 bits per heavy atom. The van der Waals surface area contributed by atoms with E-state index in [1.165, 1.54) is 0 Å². The molecule has 4 nitrogen and oxygen atoms in total. The van der Waals surface area contributed by atoms with Gasteiger partial charge in [0.25, 0.3) is 0 Å². The summed E-state index contributed by atoms with van der Waals surface area (Å²) < 4.78 is 6.47. The summed E-state index contributed by atoms with van der Waals surface area (Å²) in [4.78, 5) is 0. The number of aliphatic hydroxyl groups excluding tert-OH is 2. The van der Waals surface area contributed by atoms with Crippen LogP contribution in [0, 0.1) is 0 Å². The molecule has 0 radical (unpaired) electrons. The first kappa shape index (κ1) is 15.4. The number of halogens is 1. The van der Waals surface area contributed by atoms with Gasteiger partial charge in [0, 0.05) is 4.47 Å². The first-order chi connectivity index (χ1) is 8.65. The smallest absolute Gasteiger partial charge is 0.137 e. The maximum atomic E-state index is 9.76. The molecule has 18 heavy (non-hydrogen) atoms. The molecule has 5 heteroatoms. The highest BCUT2D eigenvalue weighted by Gasteiger charge is 2.12. The van der Waals surface area contributed by atoms with Crippen molar-refractivity contribution in [3.8, 4) is 5.75 Å². The third kappa shape index (κ3) is 5.82. The molecule has 0 aliphatic heterocycles. The minimum atomic E-state index is -0.533. The number of quaternary nitrogens is 1. The third-order valence-electron chi connectivity index (χ3n) is 2.76. The first-order valence-corrected chi connectivity index (χ1v) is 6.95. The van der Waals surface area contributed by atoms with Crippen molar-refractivity contribution in [2.45, 2.75) is 25.5 Å². The zero-order valence-corrected chi connectivity index (χ0v) is 12.1.